The van der Waals surface area contributed by atoms with Crippen molar-refractivity contribution < 1.29 is 23.9 Å². The van der Waals surface area contributed by atoms with Crippen molar-refractivity contribution in [3.05, 3.63) is 88.6 Å². The van der Waals surface area contributed by atoms with E-state index in [0.29, 0.717) is 16.0 Å². The molecule has 1 aromatic heterocycles. The molecule has 0 saturated carbocycles. The number of carbonyl (C=O) groups excluding carboxylic acids is 3. The van der Waals surface area contributed by atoms with E-state index < -0.39 is 11.9 Å². The summed E-state index contributed by atoms with van der Waals surface area (Å²) in [7, 11) is 0. The van der Waals surface area contributed by atoms with Crippen LogP contribution in [0.2, 0.25) is 5.02 Å². The van der Waals surface area contributed by atoms with E-state index in [9.17, 15) is 14.4 Å². The lowest BCUT2D eigenvalue weighted by atomic mass is 10.1. The zero-order valence-electron chi connectivity index (χ0n) is 18.2. The molecule has 7 heteroatoms. The molecule has 0 unspecified atom stereocenters. The Kier molecular flexibility index (Phi) is 6.03. The van der Waals surface area contributed by atoms with Gasteiger partial charge in [0.25, 0.3) is 0 Å². The number of halogens is 1. The van der Waals surface area contributed by atoms with E-state index >= 15 is 0 Å². The van der Waals surface area contributed by atoms with Gasteiger partial charge in [0.15, 0.2) is 5.78 Å². The van der Waals surface area contributed by atoms with Gasteiger partial charge in [-0.3, -0.25) is 9.59 Å². The Morgan fingerprint density at radius 1 is 0.879 bits per heavy atom. The molecule has 0 saturated heterocycles. The molecule has 4 aromatic rings. The van der Waals surface area contributed by atoms with Crippen molar-refractivity contribution in [3.63, 3.8) is 0 Å². The first-order chi connectivity index (χ1) is 15.8. The Hall–Kier alpha value is -3.90. The summed E-state index contributed by atoms with van der Waals surface area (Å²) in [6.07, 6.45) is 0. The molecular formula is C26H20ClNO5. The summed E-state index contributed by atoms with van der Waals surface area (Å²) < 4.78 is 12.6. The Morgan fingerprint density at radius 2 is 1.58 bits per heavy atom. The van der Waals surface area contributed by atoms with Gasteiger partial charge in [0.05, 0.1) is 5.52 Å². The molecule has 0 spiro atoms. The average molecular weight is 462 g/mol. The zero-order chi connectivity index (χ0) is 23.7. The molecule has 0 atom stereocenters. The maximum Gasteiger partial charge on any atom is 0.347 e. The first-order valence-electron chi connectivity index (χ1n) is 10.2. The molecule has 0 aliphatic heterocycles. The van der Waals surface area contributed by atoms with Crippen LogP contribution in [0.4, 0.5) is 0 Å². The van der Waals surface area contributed by atoms with Crippen LogP contribution in [-0.2, 0) is 4.79 Å². The number of carbonyl (C=O) groups is 3. The largest absolute Gasteiger partial charge is 0.426 e. The topological polar surface area (TPSA) is 74.6 Å². The molecule has 33 heavy (non-hydrogen) atoms. The second-order valence-electron chi connectivity index (χ2n) is 7.49. The predicted octanol–water partition coefficient (Wildman–Crippen LogP) is 5.94. The quantitative estimate of drug-likeness (QED) is 0.209. The number of benzene rings is 3. The lowest BCUT2D eigenvalue weighted by Gasteiger charge is -2.10. The van der Waals surface area contributed by atoms with Gasteiger partial charge in [-0.05, 0) is 68.4 Å². The number of nitrogens with zero attached hydrogens (tertiary/aromatic N) is 1. The van der Waals surface area contributed by atoms with E-state index in [1.807, 2.05) is 23.6 Å². The Bertz CT molecular complexity index is 1400. The maximum atomic E-state index is 12.8. The number of ether oxygens (including phenoxy) is 2. The summed E-state index contributed by atoms with van der Waals surface area (Å²) in [5.41, 5.74) is 3.07. The van der Waals surface area contributed by atoms with Gasteiger partial charge in [0, 0.05) is 34.3 Å². The van der Waals surface area contributed by atoms with Crippen molar-refractivity contribution in [2.24, 2.45) is 0 Å². The number of hydrogen-bond acceptors (Lipinski definition) is 5. The van der Waals surface area contributed by atoms with Crippen molar-refractivity contribution in [1.82, 2.24) is 4.57 Å². The number of para-hydroxylation sites is 1. The fourth-order valence-corrected chi connectivity index (χ4v) is 4.00. The van der Waals surface area contributed by atoms with Gasteiger partial charge >= 0.3 is 11.9 Å². The third-order valence-corrected chi connectivity index (χ3v) is 5.44. The normalized spacial score (nSPS) is 10.8. The molecule has 6 nitrogen and oxygen atoms in total. The van der Waals surface area contributed by atoms with Crippen LogP contribution in [0, 0.1) is 6.92 Å². The molecule has 0 amide bonds. The number of aromatic nitrogens is 1. The highest BCUT2D eigenvalue weighted by Crippen LogP contribution is 2.33. The van der Waals surface area contributed by atoms with E-state index in [0.717, 1.165) is 16.9 Å². The van der Waals surface area contributed by atoms with E-state index in [-0.39, 0.29) is 22.8 Å². The molecule has 0 fully saturated rings. The second-order valence-corrected chi connectivity index (χ2v) is 7.92. The van der Waals surface area contributed by atoms with Crippen LogP contribution < -0.4 is 9.47 Å². The Labute approximate surface area is 195 Å². The maximum absolute atomic E-state index is 12.8. The summed E-state index contributed by atoms with van der Waals surface area (Å²) in [4.78, 5) is 36.6. The van der Waals surface area contributed by atoms with Gasteiger partial charge in [0.1, 0.15) is 17.1 Å². The van der Waals surface area contributed by atoms with E-state index in [1.165, 1.54) is 26.0 Å². The number of rotatable bonds is 5. The van der Waals surface area contributed by atoms with Crippen LogP contribution >= 0.6 is 11.6 Å². The van der Waals surface area contributed by atoms with Gasteiger partial charge in [-0.1, -0.05) is 23.7 Å². The first kappa shape index (κ1) is 22.3. The van der Waals surface area contributed by atoms with Gasteiger partial charge in [-0.25, -0.2) is 4.79 Å². The molecular weight excluding hydrogens is 442 g/mol. The van der Waals surface area contributed by atoms with Gasteiger partial charge < -0.3 is 14.0 Å². The molecule has 0 radical (unpaired) electrons. The fourth-order valence-electron chi connectivity index (χ4n) is 3.87. The lowest BCUT2D eigenvalue weighted by Crippen LogP contribution is -2.12. The third-order valence-electron chi connectivity index (χ3n) is 5.18. The standard InChI is InChI=1S/C26H20ClNO5/c1-15-25(16(2)29)22-14-20(12-13-23(22)28(15)19-10-8-18(27)9-11-19)33-26(31)21-6-4-5-7-24(21)32-17(3)30/h4-14H,1-3H3. The fraction of sp³-hybridized carbons (Fsp3) is 0.115. The summed E-state index contributed by atoms with van der Waals surface area (Å²) in [6.45, 7) is 4.63. The molecule has 0 bridgehead atoms. The van der Waals surface area contributed by atoms with Crippen LogP contribution in [0.3, 0.4) is 0 Å². The zero-order valence-corrected chi connectivity index (χ0v) is 19.0. The molecule has 4 rings (SSSR count). The minimum absolute atomic E-state index is 0.103. The van der Waals surface area contributed by atoms with Crippen LogP contribution in [0.25, 0.3) is 16.6 Å². The SMILES string of the molecule is CC(=O)Oc1ccccc1C(=O)Oc1ccc2c(c1)c(C(C)=O)c(C)n2-c1ccc(Cl)cc1. The highest BCUT2D eigenvalue weighted by atomic mass is 35.5. The third kappa shape index (κ3) is 4.38. The average Bonchev–Trinajstić information content (AvgIpc) is 3.05. The number of fused-ring (bicyclic) bond motifs is 1. The van der Waals surface area contributed by atoms with E-state index in [1.54, 1.807) is 42.5 Å². The van der Waals surface area contributed by atoms with Crippen molar-refractivity contribution in [2.75, 3.05) is 0 Å². The Balaban J connectivity index is 1.77. The molecule has 166 valence electrons. The first-order valence-corrected chi connectivity index (χ1v) is 10.6. The van der Waals surface area contributed by atoms with Crippen molar-refractivity contribution in [2.45, 2.75) is 20.8 Å². The smallest absolute Gasteiger partial charge is 0.347 e. The minimum atomic E-state index is -0.676. The monoisotopic (exact) mass is 461 g/mol. The van der Waals surface area contributed by atoms with Crippen LogP contribution in [-0.4, -0.2) is 22.3 Å². The summed E-state index contributed by atoms with van der Waals surface area (Å²) in [6, 6.07) is 18.8. The lowest BCUT2D eigenvalue weighted by molar-refractivity contribution is -0.131. The molecule has 0 N–H and O–H groups in total. The molecule has 1 heterocycles. The summed E-state index contributed by atoms with van der Waals surface area (Å²) in [5.74, 6) is -0.939. The second kappa shape index (κ2) is 8.92. The van der Waals surface area contributed by atoms with Crippen LogP contribution in [0.1, 0.15) is 40.3 Å². The van der Waals surface area contributed by atoms with Crippen LogP contribution in [0.15, 0.2) is 66.7 Å². The summed E-state index contributed by atoms with van der Waals surface area (Å²) >= 11 is 6.03. The van der Waals surface area contributed by atoms with Gasteiger partial charge in [0.2, 0.25) is 0 Å². The Morgan fingerprint density at radius 3 is 2.24 bits per heavy atom. The highest BCUT2D eigenvalue weighted by Gasteiger charge is 2.21. The summed E-state index contributed by atoms with van der Waals surface area (Å²) in [5, 5.41) is 1.27. The van der Waals surface area contributed by atoms with E-state index in [2.05, 4.69) is 0 Å². The van der Waals surface area contributed by atoms with Crippen molar-refractivity contribution in [3.8, 4) is 17.2 Å². The molecule has 3 aromatic carbocycles. The number of esters is 2. The number of hydrogen-bond donors (Lipinski definition) is 0. The van der Waals surface area contributed by atoms with Crippen molar-refractivity contribution in [1.29, 1.82) is 0 Å². The predicted molar refractivity (Wildman–Crippen MR) is 126 cm³/mol. The minimum Gasteiger partial charge on any atom is -0.426 e. The van der Waals surface area contributed by atoms with E-state index in [4.69, 9.17) is 21.1 Å². The molecule has 0 aliphatic rings. The highest BCUT2D eigenvalue weighted by molar-refractivity contribution is 6.30. The molecule has 0 aliphatic carbocycles. The van der Waals surface area contributed by atoms with Crippen molar-refractivity contribution >= 4 is 40.2 Å². The number of Topliss-reactive ketones (excluding diaryl/α,β-unsaturated/α-hetero) is 1. The van der Waals surface area contributed by atoms with Gasteiger partial charge in [-0.15, -0.1) is 0 Å². The van der Waals surface area contributed by atoms with Gasteiger partial charge in [-0.2, -0.15) is 0 Å². The van der Waals surface area contributed by atoms with Crippen LogP contribution in [0.5, 0.6) is 11.5 Å². The number of ketones is 1.